The summed E-state index contributed by atoms with van der Waals surface area (Å²) in [5.41, 5.74) is 9.73. The lowest BCUT2D eigenvalue weighted by molar-refractivity contribution is 0.699. The fraction of sp³-hybridized carbons (Fsp3) is 0.333. The average molecular weight is 188 g/mol. The van der Waals surface area contributed by atoms with E-state index in [9.17, 15) is 0 Å². The van der Waals surface area contributed by atoms with Crippen molar-refractivity contribution in [3.05, 3.63) is 35.5 Å². The largest absolute Gasteiger partial charge is 0.358 e. The maximum Gasteiger partial charge on any atom is 0.0459 e. The van der Waals surface area contributed by atoms with Gasteiger partial charge in [-0.2, -0.15) is 0 Å². The van der Waals surface area contributed by atoms with Gasteiger partial charge in [0.15, 0.2) is 0 Å². The minimum absolute atomic E-state index is 0.145. The number of nitrogens with one attached hydrogen (secondary N) is 1. The number of rotatable bonds is 2. The summed E-state index contributed by atoms with van der Waals surface area (Å²) in [6, 6.07) is 8.46. The van der Waals surface area contributed by atoms with Gasteiger partial charge in [-0.25, -0.2) is 0 Å². The number of aromatic nitrogens is 1. The maximum atomic E-state index is 6.09. The number of aryl methyl sites for hydroxylation is 1. The number of nitrogens with two attached hydrogens (primary N) is 1. The molecule has 1 heterocycles. The fourth-order valence-electron chi connectivity index (χ4n) is 1.98. The molecule has 74 valence electrons. The lowest BCUT2D eigenvalue weighted by Crippen LogP contribution is -2.09. The molecule has 14 heavy (non-hydrogen) atoms. The van der Waals surface area contributed by atoms with Crippen LogP contribution in [0, 0.1) is 6.92 Å². The van der Waals surface area contributed by atoms with Crippen LogP contribution in [0.15, 0.2) is 24.3 Å². The van der Waals surface area contributed by atoms with E-state index in [0.717, 1.165) is 6.42 Å². The van der Waals surface area contributed by atoms with Gasteiger partial charge in [-0.1, -0.05) is 25.1 Å². The molecule has 0 bridgehead atoms. The van der Waals surface area contributed by atoms with Gasteiger partial charge in [0.25, 0.3) is 0 Å². The summed E-state index contributed by atoms with van der Waals surface area (Å²) in [6.45, 7) is 4.21. The second-order valence-electron chi connectivity index (χ2n) is 3.72. The van der Waals surface area contributed by atoms with E-state index >= 15 is 0 Å². The Bertz CT molecular complexity index is 443. The van der Waals surface area contributed by atoms with Gasteiger partial charge in [-0.15, -0.1) is 0 Å². The predicted molar refractivity (Wildman–Crippen MR) is 60.3 cm³/mol. The van der Waals surface area contributed by atoms with Crippen LogP contribution in [0.1, 0.15) is 30.6 Å². The maximum absolute atomic E-state index is 6.09. The number of aromatic amines is 1. The minimum atomic E-state index is 0.145. The Labute approximate surface area is 84.1 Å². The van der Waals surface area contributed by atoms with Crippen molar-refractivity contribution >= 4 is 10.9 Å². The first-order valence-corrected chi connectivity index (χ1v) is 5.06. The van der Waals surface area contributed by atoms with E-state index in [2.05, 4.69) is 37.0 Å². The smallest absolute Gasteiger partial charge is 0.0459 e. The van der Waals surface area contributed by atoms with Crippen molar-refractivity contribution in [2.45, 2.75) is 26.3 Å². The van der Waals surface area contributed by atoms with Crippen molar-refractivity contribution in [1.29, 1.82) is 0 Å². The molecular weight excluding hydrogens is 172 g/mol. The molecule has 0 aliphatic rings. The number of hydrogen-bond acceptors (Lipinski definition) is 1. The van der Waals surface area contributed by atoms with Gasteiger partial charge >= 0.3 is 0 Å². The van der Waals surface area contributed by atoms with Crippen LogP contribution in [0.3, 0.4) is 0 Å². The molecule has 0 radical (unpaired) electrons. The summed E-state index contributed by atoms with van der Waals surface area (Å²) < 4.78 is 0. The Kier molecular flexibility index (Phi) is 2.30. The normalized spacial score (nSPS) is 13.4. The van der Waals surface area contributed by atoms with Crippen molar-refractivity contribution in [3.8, 4) is 0 Å². The molecule has 3 N–H and O–H groups in total. The van der Waals surface area contributed by atoms with Crippen LogP contribution in [0.5, 0.6) is 0 Å². The first-order valence-electron chi connectivity index (χ1n) is 5.06. The SMILES string of the molecule is CC[C@@H](N)c1c(C)[nH]c2ccccc12. The van der Waals surface area contributed by atoms with E-state index in [1.165, 1.54) is 22.2 Å². The molecule has 1 aromatic carbocycles. The third-order valence-electron chi connectivity index (χ3n) is 2.75. The van der Waals surface area contributed by atoms with E-state index in [4.69, 9.17) is 5.73 Å². The molecule has 0 spiro atoms. The Balaban J connectivity index is 2.67. The molecule has 0 amide bonds. The van der Waals surface area contributed by atoms with Gasteiger partial charge < -0.3 is 10.7 Å². The molecule has 0 aliphatic heterocycles. The van der Waals surface area contributed by atoms with Crippen LogP contribution < -0.4 is 5.73 Å². The molecule has 2 heteroatoms. The molecule has 1 aromatic heterocycles. The Morgan fingerprint density at radius 3 is 2.79 bits per heavy atom. The van der Waals surface area contributed by atoms with Crippen LogP contribution >= 0.6 is 0 Å². The summed E-state index contributed by atoms with van der Waals surface area (Å²) in [5, 5.41) is 1.26. The van der Waals surface area contributed by atoms with Gasteiger partial charge in [-0.05, 0) is 25.0 Å². The number of benzene rings is 1. The molecule has 0 saturated carbocycles. The minimum Gasteiger partial charge on any atom is -0.358 e. The highest BCUT2D eigenvalue weighted by atomic mass is 14.7. The van der Waals surface area contributed by atoms with Crippen LogP contribution in [0.4, 0.5) is 0 Å². The van der Waals surface area contributed by atoms with Gasteiger partial charge in [0.2, 0.25) is 0 Å². The lowest BCUT2D eigenvalue weighted by Gasteiger charge is -2.08. The van der Waals surface area contributed by atoms with Crippen molar-refractivity contribution < 1.29 is 0 Å². The van der Waals surface area contributed by atoms with E-state index in [1.807, 2.05) is 6.07 Å². The first-order chi connectivity index (χ1) is 6.74. The third kappa shape index (κ3) is 1.32. The topological polar surface area (TPSA) is 41.8 Å². The summed E-state index contributed by atoms with van der Waals surface area (Å²) in [4.78, 5) is 3.36. The third-order valence-corrected chi connectivity index (χ3v) is 2.75. The molecular formula is C12H16N2. The highest BCUT2D eigenvalue weighted by Gasteiger charge is 2.12. The van der Waals surface area contributed by atoms with Crippen LogP contribution in [0.2, 0.25) is 0 Å². The van der Waals surface area contributed by atoms with E-state index in [1.54, 1.807) is 0 Å². The Hall–Kier alpha value is -1.28. The van der Waals surface area contributed by atoms with Gasteiger partial charge in [0, 0.05) is 22.6 Å². The second kappa shape index (κ2) is 3.46. The highest BCUT2D eigenvalue weighted by Crippen LogP contribution is 2.27. The number of hydrogen-bond donors (Lipinski definition) is 2. The Morgan fingerprint density at radius 2 is 2.07 bits per heavy atom. The first kappa shape index (κ1) is 9.28. The second-order valence-corrected chi connectivity index (χ2v) is 3.72. The van der Waals surface area contributed by atoms with Crippen LogP contribution in [0.25, 0.3) is 10.9 Å². The number of H-pyrrole nitrogens is 1. The molecule has 0 saturated heterocycles. The zero-order chi connectivity index (χ0) is 10.1. The zero-order valence-corrected chi connectivity index (χ0v) is 8.67. The van der Waals surface area contributed by atoms with E-state index in [-0.39, 0.29) is 6.04 Å². The number of fused-ring (bicyclic) bond motifs is 1. The molecule has 1 atom stereocenters. The monoisotopic (exact) mass is 188 g/mol. The fourth-order valence-corrected chi connectivity index (χ4v) is 1.98. The quantitative estimate of drug-likeness (QED) is 0.747. The van der Waals surface area contributed by atoms with Crippen molar-refractivity contribution in [3.63, 3.8) is 0 Å². The van der Waals surface area contributed by atoms with Gasteiger partial charge in [0.1, 0.15) is 0 Å². The predicted octanol–water partition coefficient (Wildman–Crippen LogP) is 2.89. The zero-order valence-electron chi connectivity index (χ0n) is 8.67. The number of para-hydroxylation sites is 1. The van der Waals surface area contributed by atoms with Gasteiger partial charge in [-0.3, -0.25) is 0 Å². The van der Waals surface area contributed by atoms with Crippen molar-refractivity contribution in [2.75, 3.05) is 0 Å². The average Bonchev–Trinajstić information content (AvgIpc) is 2.53. The summed E-state index contributed by atoms with van der Waals surface area (Å²) in [5.74, 6) is 0. The summed E-state index contributed by atoms with van der Waals surface area (Å²) in [6.07, 6.45) is 0.975. The highest BCUT2D eigenvalue weighted by molar-refractivity contribution is 5.85. The van der Waals surface area contributed by atoms with E-state index < -0.39 is 0 Å². The van der Waals surface area contributed by atoms with Crippen LogP contribution in [-0.2, 0) is 0 Å². The molecule has 0 unspecified atom stereocenters. The van der Waals surface area contributed by atoms with Crippen molar-refractivity contribution in [2.24, 2.45) is 5.73 Å². The molecule has 0 aliphatic carbocycles. The Morgan fingerprint density at radius 1 is 1.36 bits per heavy atom. The summed E-state index contributed by atoms with van der Waals surface area (Å²) in [7, 11) is 0. The molecule has 0 fully saturated rings. The van der Waals surface area contributed by atoms with Gasteiger partial charge in [0.05, 0.1) is 0 Å². The lowest BCUT2D eigenvalue weighted by atomic mass is 10.0. The van der Waals surface area contributed by atoms with Crippen molar-refractivity contribution in [1.82, 2.24) is 4.98 Å². The molecule has 2 nitrogen and oxygen atoms in total. The molecule has 2 rings (SSSR count). The summed E-state index contributed by atoms with van der Waals surface area (Å²) >= 11 is 0. The standard InChI is InChI=1S/C12H16N2/c1-3-10(13)12-8(2)14-11-7-5-4-6-9(11)12/h4-7,10,14H,3,13H2,1-2H3/t10-/m1/s1. The van der Waals surface area contributed by atoms with E-state index in [0.29, 0.717) is 0 Å². The molecule has 2 aromatic rings. The van der Waals surface area contributed by atoms with Crippen LogP contribution in [-0.4, -0.2) is 4.98 Å².